The van der Waals surface area contributed by atoms with E-state index in [1.807, 2.05) is 0 Å². The molecule has 0 aromatic rings. The van der Waals surface area contributed by atoms with Gasteiger partial charge in [-0.25, -0.2) is 0 Å². The van der Waals surface area contributed by atoms with Crippen molar-refractivity contribution >= 4 is 0 Å². The summed E-state index contributed by atoms with van der Waals surface area (Å²) in [6, 6.07) is 0. The third kappa shape index (κ3) is 2.24. The van der Waals surface area contributed by atoms with Gasteiger partial charge in [0.2, 0.25) is 0 Å². The van der Waals surface area contributed by atoms with Crippen molar-refractivity contribution < 1.29 is 4.74 Å². The summed E-state index contributed by atoms with van der Waals surface area (Å²) in [6.07, 6.45) is 2.89. The van der Waals surface area contributed by atoms with Gasteiger partial charge in [-0.1, -0.05) is 6.08 Å². The van der Waals surface area contributed by atoms with Gasteiger partial charge in [0.25, 0.3) is 0 Å². The topological polar surface area (TPSA) is 12.5 Å². The van der Waals surface area contributed by atoms with Crippen molar-refractivity contribution in [1.29, 1.82) is 0 Å². The van der Waals surface area contributed by atoms with Gasteiger partial charge >= 0.3 is 0 Å². The predicted octanol–water partition coefficient (Wildman–Crippen LogP) is 2.02. The number of hydrogen-bond acceptors (Lipinski definition) is 2. The van der Waals surface area contributed by atoms with Crippen molar-refractivity contribution in [1.82, 2.24) is 4.90 Å². The Morgan fingerprint density at radius 1 is 1.33 bits per heavy atom. The number of morpholine rings is 1. The van der Waals surface area contributed by atoms with E-state index in [1.54, 1.807) is 0 Å². The molecular weight excluding hydrogens is 150 g/mol. The second-order valence-corrected chi connectivity index (χ2v) is 3.59. The van der Waals surface area contributed by atoms with Gasteiger partial charge in [-0.2, -0.15) is 0 Å². The van der Waals surface area contributed by atoms with Gasteiger partial charge in [0.15, 0.2) is 0 Å². The Balaban J connectivity index is 2.55. The van der Waals surface area contributed by atoms with Crippen molar-refractivity contribution in [2.45, 2.75) is 39.9 Å². The molecule has 1 fully saturated rings. The highest BCUT2D eigenvalue weighted by Gasteiger charge is 2.21. The first-order valence-electron chi connectivity index (χ1n) is 4.66. The second kappa shape index (κ2) is 3.94. The second-order valence-electron chi connectivity index (χ2n) is 3.59. The van der Waals surface area contributed by atoms with E-state index >= 15 is 0 Å². The molecule has 0 aromatic carbocycles. The van der Waals surface area contributed by atoms with E-state index in [0.717, 1.165) is 13.1 Å². The largest absolute Gasteiger partial charge is 0.372 e. The first-order valence-corrected chi connectivity index (χ1v) is 4.66. The third-order valence-electron chi connectivity index (χ3n) is 2.34. The third-order valence-corrected chi connectivity index (χ3v) is 2.34. The predicted molar refractivity (Wildman–Crippen MR) is 51.0 cm³/mol. The van der Waals surface area contributed by atoms with Crippen molar-refractivity contribution in [3.63, 3.8) is 0 Å². The highest BCUT2D eigenvalue weighted by molar-refractivity contribution is 4.97. The zero-order chi connectivity index (χ0) is 9.14. The Labute approximate surface area is 75.2 Å². The van der Waals surface area contributed by atoms with Crippen LogP contribution in [-0.4, -0.2) is 30.2 Å². The summed E-state index contributed by atoms with van der Waals surface area (Å²) in [5.74, 6) is 0. The van der Waals surface area contributed by atoms with Crippen molar-refractivity contribution in [3.05, 3.63) is 11.8 Å². The quantitative estimate of drug-likeness (QED) is 0.595. The monoisotopic (exact) mass is 169 g/mol. The summed E-state index contributed by atoms with van der Waals surface area (Å²) in [5.41, 5.74) is 1.36. The summed E-state index contributed by atoms with van der Waals surface area (Å²) in [7, 11) is 0. The van der Waals surface area contributed by atoms with Crippen LogP contribution in [0.4, 0.5) is 0 Å². The molecule has 2 heteroatoms. The molecule has 1 saturated heterocycles. The summed E-state index contributed by atoms with van der Waals surface area (Å²) < 4.78 is 5.64. The zero-order valence-corrected chi connectivity index (χ0v) is 8.50. The van der Waals surface area contributed by atoms with Crippen LogP contribution in [0.3, 0.4) is 0 Å². The van der Waals surface area contributed by atoms with Gasteiger partial charge in [-0.15, -0.1) is 0 Å². The summed E-state index contributed by atoms with van der Waals surface area (Å²) in [6.45, 7) is 10.6. The Hall–Kier alpha value is -0.500. The minimum atomic E-state index is 0.364. The maximum absolute atomic E-state index is 5.64. The average Bonchev–Trinajstić information content (AvgIpc) is 2.01. The van der Waals surface area contributed by atoms with Crippen LogP contribution in [-0.2, 0) is 4.74 Å². The number of allylic oxidation sites excluding steroid dienone is 2. The first kappa shape index (κ1) is 9.59. The van der Waals surface area contributed by atoms with Crippen molar-refractivity contribution in [2.75, 3.05) is 13.1 Å². The van der Waals surface area contributed by atoms with E-state index in [1.165, 1.54) is 5.70 Å². The van der Waals surface area contributed by atoms with Crippen LogP contribution in [0.25, 0.3) is 0 Å². The van der Waals surface area contributed by atoms with Crippen LogP contribution in [0.15, 0.2) is 11.8 Å². The molecular formula is C10H19NO. The molecule has 0 saturated carbocycles. The van der Waals surface area contributed by atoms with Crippen molar-refractivity contribution in [2.24, 2.45) is 0 Å². The molecule has 1 aliphatic heterocycles. The summed E-state index contributed by atoms with van der Waals surface area (Å²) in [5, 5.41) is 0. The van der Waals surface area contributed by atoms with E-state index in [0.29, 0.717) is 12.2 Å². The van der Waals surface area contributed by atoms with E-state index in [-0.39, 0.29) is 0 Å². The van der Waals surface area contributed by atoms with E-state index < -0.39 is 0 Å². The van der Waals surface area contributed by atoms with Crippen LogP contribution < -0.4 is 0 Å². The zero-order valence-electron chi connectivity index (χ0n) is 8.50. The lowest BCUT2D eigenvalue weighted by atomic mass is 10.2. The van der Waals surface area contributed by atoms with Gasteiger partial charge < -0.3 is 9.64 Å². The molecule has 0 aliphatic carbocycles. The molecule has 2 unspecified atom stereocenters. The Bertz CT molecular complexity index is 167. The molecule has 1 rings (SSSR count). The fraction of sp³-hybridized carbons (Fsp3) is 0.800. The molecule has 0 spiro atoms. The SMILES string of the molecule is CC=C(C)N1CC(C)OC(C)C1. The average molecular weight is 169 g/mol. The molecule has 2 nitrogen and oxygen atoms in total. The van der Waals surface area contributed by atoms with Crippen LogP contribution in [0.5, 0.6) is 0 Å². The summed E-state index contributed by atoms with van der Waals surface area (Å²) in [4.78, 5) is 2.39. The summed E-state index contributed by atoms with van der Waals surface area (Å²) >= 11 is 0. The van der Waals surface area contributed by atoms with E-state index in [2.05, 4.69) is 38.7 Å². The Morgan fingerprint density at radius 2 is 1.83 bits per heavy atom. The van der Waals surface area contributed by atoms with E-state index in [9.17, 15) is 0 Å². The van der Waals surface area contributed by atoms with Crippen molar-refractivity contribution in [3.8, 4) is 0 Å². The molecule has 12 heavy (non-hydrogen) atoms. The van der Waals surface area contributed by atoms with Gasteiger partial charge in [0.1, 0.15) is 0 Å². The molecule has 0 aromatic heterocycles. The van der Waals surface area contributed by atoms with Gasteiger partial charge in [-0.05, 0) is 27.7 Å². The fourth-order valence-electron chi connectivity index (χ4n) is 1.65. The van der Waals surface area contributed by atoms with Gasteiger partial charge in [0.05, 0.1) is 12.2 Å². The standard InChI is InChI=1S/C10H19NO/c1-5-8(2)11-6-9(3)12-10(4)7-11/h5,9-10H,6-7H2,1-4H3. The Kier molecular flexibility index (Phi) is 3.15. The molecule has 0 amide bonds. The minimum absolute atomic E-state index is 0.364. The fourth-order valence-corrected chi connectivity index (χ4v) is 1.65. The highest BCUT2D eigenvalue weighted by atomic mass is 16.5. The maximum Gasteiger partial charge on any atom is 0.0726 e. The van der Waals surface area contributed by atoms with Crippen LogP contribution >= 0.6 is 0 Å². The maximum atomic E-state index is 5.64. The number of nitrogens with zero attached hydrogens (tertiary/aromatic N) is 1. The molecule has 2 atom stereocenters. The van der Waals surface area contributed by atoms with Crippen LogP contribution in [0.1, 0.15) is 27.7 Å². The first-order chi connectivity index (χ1) is 5.63. The normalized spacial score (nSPS) is 32.3. The lowest BCUT2D eigenvalue weighted by Crippen LogP contribution is -2.44. The molecule has 0 N–H and O–H groups in total. The molecule has 70 valence electrons. The number of hydrogen-bond donors (Lipinski definition) is 0. The van der Waals surface area contributed by atoms with Gasteiger partial charge in [0, 0.05) is 18.8 Å². The minimum Gasteiger partial charge on any atom is -0.372 e. The lowest BCUT2D eigenvalue weighted by Gasteiger charge is -2.37. The van der Waals surface area contributed by atoms with Crippen LogP contribution in [0.2, 0.25) is 0 Å². The molecule has 1 aliphatic rings. The highest BCUT2D eigenvalue weighted by Crippen LogP contribution is 2.14. The number of ether oxygens (including phenoxy) is 1. The molecule has 1 heterocycles. The molecule has 0 radical (unpaired) electrons. The van der Waals surface area contributed by atoms with Gasteiger partial charge in [-0.3, -0.25) is 0 Å². The molecule has 0 bridgehead atoms. The number of rotatable bonds is 1. The smallest absolute Gasteiger partial charge is 0.0726 e. The van der Waals surface area contributed by atoms with E-state index in [4.69, 9.17) is 4.74 Å². The Morgan fingerprint density at radius 3 is 2.25 bits per heavy atom. The van der Waals surface area contributed by atoms with Crippen LogP contribution in [0, 0.1) is 0 Å². The lowest BCUT2D eigenvalue weighted by molar-refractivity contribution is -0.0577.